The zero-order chi connectivity index (χ0) is 11.9. The molecule has 4 nitrogen and oxygen atoms in total. The van der Waals surface area contributed by atoms with Crippen molar-refractivity contribution in [3.8, 4) is 0 Å². The summed E-state index contributed by atoms with van der Waals surface area (Å²) in [7, 11) is 0. The molecule has 17 heavy (non-hydrogen) atoms. The SMILES string of the molecule is O=C(NCCOC1CCCCCC1)C1CNC1. The summed E-state index contributed by atoms with van der Waals surface area (Å²) in [6, 6.07) is 0. The van der Waals surface area contributed by atoms with Crippen molar-refractivity contribution in [2.75, 3.05) is 26.2 Å². The minimum atomic E-state index is 0.174. The van der Waals surface area contributed by atoms with E-state index in [2.05, 4.69) is 10.6 Å². The van der Waals surface area contributed by atoms with Gasteiger partial charge in [-0.3, -0.25) is 4.79 Å². The average Bonchev–Trinajstić information content (AvgIpc) is 2.50. The predicted molar refractivity (Wildman–Crippen MR) is 66.8 cm³/mol. The Labute approximate surface area is 103 Å². The van der Waals surface area contributed by atoms with E-state index in [0.717, 1.165) is 13.1 Å². The highest BCUT2D eigenvalue weighted by Gasteiger charge is 2.24. The van der Waals surface area contributed by atoms with Crippen LogP contribution in [-0.4, -0.2) is 38.3 Å². The van der Waals surface area contributed by atoms with Crippen LogP contribution in [0.5, 0.6) is 0 Å². The van der Waals surface area contributed by atoms with Crippen LogP contribution in [0.4, 0.5) is 0 Å². The van der Waals surface area contributed by atoms with Gasteiger partial charge in [-0.2, -0.15) is 0 Å². The fraction of sp³-hybridized carbons (Fsp3) is 0.923. The Morgan fingerprint density at radius 2 is 1.88 bits per heavy atom. The Hall–Kier alpha value is -0.610. The van der Waals surface area contributed by atoms with Crippen LogP contribution < -0.4 is 10.6 Å². The molecule has 1 amide bonds. The van der Waals surface area contributed by atoms with E-state index in [1.54, 1.807) is 0 Å². The van der Waals surface area contributed by atoms with E-state index in [0.29, 0.717) is 19.3 Å². The molecular weight excluding hydrogens is 216 g/mol. The lowest BCUT2D eigenvalue weighted by atomic mass is 10.0. The largest absolute Gasteiger partial charge is 0.376 e. The van der Waals surface area contributed by atoms with Crippen molar-refractivity contribution >= 4 is 5.91 Å². The molecule has 2 aliphatic rings. The second-order valence-corrected chi connectivity index (χ2v) is 5.13. The van der Waals surface area contributed by atoms with Crippen LogP contribution in [0.3, 0.4) is 0 Å². The number of ether oxygens (including phenoxy) is 1. The fourth-order valence-electron chi connectivity index (χ4n) is 2.43. The lowest BCUT2D eigenvalue weighted by molar-refractivity contribution is -0.126. The molecule has 4 heteroatoms. The molecule has 0 aromatic rings. The normalized spacial score (nSPS) is 22.8. The second kappa shape index (κ2) is 6.97. The minimum Gasteiger partial charge on any atom is -0.376 e. The van der Waals surface area contributed by atoms with Crippen molar-refractivity contribution in [1.29, 1.82) is 0 Å². The minimum absolute atomic E-state index is 0.174. The van der Waals surface area contributed by atoms with Gasteiger partial charge in [-0.1, -0.05) is 25.7 Å². The van der Waals surface area contributed by atoms with Crippen LogP contribution in [0.2, 0.25) is 0 Å². The smallest absolute Gasteiger partial charge is 0.225 e. The number of hydrogen-bond acceptors (Lipinski definition) is 3. The van der Waals surface area contributed by atoms with Crippen molar-refractivity contribution in [3.63, 3.8) is 0 Å². The second-order valence-electron chi connectivity index (χ2n) is 5.13. The molecule has 1 saturated carbocycles. The van der Waals surface area contributed by atoms with Gasteiger partial charge in [0.25, 0.3) is 0 Å². The predicted octanol–water partition coefficient (Wildman–Crippen LogP) is 1.06. The van der Waals surface area contributed by atoms with Gasteiger partial charge in [-0.15, -0.1) is 0 Å². The molecule has 0 radical (unpaired) electrons. The van der Waals surface area contributed by atoms with Crippen molar-refractivity contribution in [2.45, 2.75) is 44.6 Å². The van der Waals surface area contributed by atoms with Crippen LogP contribution in [-0.2, 0) is 9.53 Å². The summed E-state index contributed by atoms with van der Waals surface area (Å²) in [6.07, 6.45) is 8.12. The van der Waals surface area contributed by atoms with Crippen LogP contribution in [0.25, 0.3) is 0 Å². The van der Waals surface area contributed by atoms with Crippen molar-refractivity contribution in [3.05, 3.63) is 0 Å². The molecule has 1 heterocycles. The standard InChI is InChI=1S/C13H24N2O2/c16-13(11-9-14-10-11)15-7-8-17-12-5-3-1-2-4-6-12/h11-12,14H,1-10H2,(H,15,16). The zero-order valence-electron chi connectivity index (χ0n) is 10.5. The molecule has 1 saturated heterocycles. The first-order chi connectivity index (χ1) is 8.36. The molecule has 0 atom stereocenters. The van der Waals surface area contributed by atoms with E-state index in [-0.39, 0.29) is 11.8 Å². The van der Waals surface area contributed by atoms with E-state index in [9.17, 15) is 4.79 Å². The van der Waals surface area contributed by atoms with E-state index >= 15 is 0 Å². The van der Waals surface area contributed by atoms with E-state index < -0.39 is 0 Å². The molecule has 1 aliphatic carbocycles. The molecular formula is C13H24N2O2. The number of nitrogens with one attached hydrogen (secondary N) is 2. The zero-order valence-corrected chi connectivity index (χ0v) is 10.5. The molecule has 0 spiro atoms. The molecule has 98 valence electrons. The summed E-state index contributed by atoms with van der Waals surface area (Å²) in [5, 5.41) is 6.03. The highest BCUT2D eigenvalue weighted by Crippen LogP contribution is 2.19. The van der Waals surface area contributed by atoms with Crippen LogP contribution >= 0.6 is 0 Å². The number of carbonyl (C=O) groups excluding carboxylic acids is 1. The van der Waals surface area contributed by atoms with Gasteiger partial charge >= 0.3 is 0 Å². The number of amides is 1. The Morgan fingerprint density at radius 3 is 2.47 bits per heavy atom. The van der Waals surface area contributed by atoms with Gasteiger partial charge in [-0.05, 0) is 12.8 Å². The molecule has 2 N–H and O–H groups in total. The molecule has 0 unspecified atom stereocenters. The summed E-state index contributed by atoms with van der Waals surface area (Å²) >= 11 is 0. The Kier molecular flexibility index (Phi) is 5.26. The highest BCUT2D eigenvalue weighted by molar-refractivity contribution is 5.79. The maximum atomic E-state index is 11.5. The van der Waals surface area contributed by atoms with E-state index in [4.69, 9.17) is 4.74 Å². The number of hydrogen-bond donors (Lipinski definition) is 2. The Morgan fingerprint density at radius 1 is 1.18 bits per heavy atom. The number of carbonyl (C=O) groups is 1. The maximum Gasteiger partial charge on any atom is 0.225 e. The van der Waals surface area contributed by atoms with E-state index in [1.807, 2.05) is 0 Å². The van der Waals surface area contributed by atoms with Crippen molar-refractivity contribution in [2.24, 2.45) is 5.92 Å². The van der Waals surface area contributed by atoms with Gasteiger partial charge < -0.3 is 15.4 Å². The van der Waals surface area contributed by atoms with Gasteiger partial charge in [0.1, 0.15) is 0 Å². The monoisotopic (exact) mass is 240 g/mol. The fourth-order valence-corrected chi connectivity index (χ4v) is 2.43. The summed E-state index contributed by atoms with van der Waals surface area (Å²) < 4.78 is 5.81. The molecule has 2 rings (SSSR count). The third-order valence-electron chi connectivity index (χ3n) is 3.71. The van der Waals surface area contributed by atoms with Gasteiger partial charge in [-0.25, -0.2) is 0 Å². The first-order valence-electron chi connectivity index (χ1n) is 6.96. The lowest BCUT2D eigenvalue weighted by Gasteiger charge is -2.26. The highest BCUT2D eigenvalue weighted by atomic mass is 16.5. The van der Waals surface area contributed by atoms with Gasteiger partial charge in [0.05, 0.1) is 18.6 Å². The topological polar surface area (TPSA) is 50.4 Å². The lowest BCUT2D eigenvalue weighted by Crippen LogP contribution is -2.51. The van der Waals surface area contributed by atoms with E-state index in [1.165, 1.54) is 38.5 Å². The van der Waals surface area contributed by atoms with Gasteiger partial charge in [0.15, 0.2) is 0 Å². The summed E-state index contributed by atoms with van der Waals surface area (Å²) in [4.78, 5) is 11.5. The van der Waals surface area contributed by atoms with Crippen LogP contribution in [0.15, 0.2) is 0 Å². The quantitative estimate of drug-likeness (QED) is 0.558. The average molecular weight is 240 g/mol. The molecule has 1 aliphatic heterocycles. The molecule has 2 fully saturated rings. The first kappa shape index (κ1) is 12.8. The summed E-state index contributed by atoms with van der Waals surface area (Å²) in [5.74, 6) is 0.362. The molecule has 0 aromatic heterocycles. The van der Waals surface area contributed by atoms with Crippen LogP contribution in [0.1, 0.15) is 38.5 Å². The van der Waals surface area contributed by atoms with Gasteiger partial charge in [0.2, 0.25) is 5.91 Å². The Bertz CT molecular complexity index is 234. The maximum absolute atomic E-state index is 11.5. The summed E-state index contributed by atoms with van der Waals surface area (Å²) in [6.45, 7) is 2.98. The van der Waals surface area contributed by atoms with Crippen LogP contribution in [0, 0.1) is 5.92 Å². The Balaban J connectivity index is 1.51. The third kappa shape index (κ3) is 4.28. The molecule has 0 bridgehead atoms. The third-order valence-corrected chi connectivity index (χ3v) is 3.71. The van der Waals surface area contributed by atoms with Crippen molar-refractivity contribution < 1.29 is 9.53 Å². The number of rotatable bonds is 5. The van der Waals surface area contributed by atoms with Crippen molar-refractivity contribution in [1.82, 2.24) is 10.6 Å². The first-order valence-corrected chi connectivity index (χ1v) is 6.96. The summed E-state index contributed by atoms with van der Waals surface area (Å²) in [5.41, 5.74) is 0. The van der Waals surface area contributed by atoms with Gasteiger partial charge in [0, 0.05) is 19.6 Å². The molecule has 0 aromatic carbocycles.